The molecular formula is C10H19N3O3. The highest BCUT2D eigenvalue weighted by molar-refractivity contribution is 5.87. The number of nitrogens with zero attached hydrogens (tertiary/aromatic N) is 2. The summed E-state index contributed by atoms with van der Waals surface area (Å²) in [6.07, 6.45) is 0. The van der Waals surface area contributed by atoms with Crippen LogP contribution in [0.5, 0.6) is 0 Å². The van der Waals surface area contributed by atoms with Crippen LogP contribution >= 0.6 is 0 Å². The summed E-state index contributed by atoms with van der Waals surface area (Å²) in [5.41, 5.74) is 0. The van der Waals surface area contributed by atoms with E-state index in [2.05, 4.69) is 5.32 Å². The van der Waals surface area contributed by atoms with Gasteiger partial charge in [0.15, 0.2) is 0 Å². The van der Waals surface area contributed by atoms with Crippen LogP contribution < -0.4 is 5.32 Å². The Morgan fingerprint density at radius 1 is 1.56 bits per heavy atom. The molecule has 0 aliphatic carbocycles. The monoisotopic (exact) mass is 229 g/mol. The van der Waals surface area contributed by atoms with E-state index in [1.807, 2.05) is 6.92 Å². The molecule has 0 aromatic rings. The minimum absolute atomic E-state index is 0.126. The van der Waals surface area contributed by atoms with Crippen molar-refractivity contribution in [2.45, 2.75) is 13.0 Å². The number of carbonyl (C=O) groups excluding carboxylic acids is 2. The molecule has 0 spiro atoms. The van der Waals surface area contributed by atoms with Crippen molar-refractivity contribution in [3.8, 4) is 0 Å². The Labute approximate surface area is 95.5 Å². The van der Waals surface area contributed by atoms with Gasteiger partial charge in [-0.3, -0.25) is 4.79 Å². The van der Waals surface area contributed by atoms with Crippen LogP contribution in [0.4, 0.5) is 4.79 Å². The minimum Gasteiger partial charge on any atom is -0.377 e. The fraction of sp³-hybridized carbons (Fsp3) is 0.800. The largest absolute Gasteiger partial charge is 0.377 e. The number of hydrogen-bond acceptors (Lipinski definition) is 3. The third-order valence-electron chi connectivity index (χ3n) is 2.72. The molecule has 1 fully saturated rings. The van der Waals surface area contributed by atoms with Gasteiger partial charge in [0.25, 0.3) is 0 Å². The number of morpholine rings is 1. The highest BCUT2D eigenvalue weighted by atomic mass is 16.5. The molecule has 1 rings (SSSR count). The number of nitrogens with one attached hydrogen (secondary N) is 1. The molecule has 0 radical (unpaired) electrons. The molecule has 1 aliphatic rings. The second-order valence-electron chi connectivity index (χ2n) is 3.70. The standard InChI is InChI=1S/C10H19N3O3/c1-4-12(3)10(15)13-5-6-16-7-8(13)9(14)11-2/h8H,4-7H2,1-3H3,(H,11,14). The SMILES string of the molecule is CCN(C)C(=O)N1CCOCC1C(=O)NC. The van der Waals surface area contributed by atoms with E-state index in [9.17, 15) is 9.59 Å². The highest BCUT2D eigenvalue weighted by Crippen LogP contribution is 2.09. The van der Waals surface area contributed by atoms with E-state index in [4.69, 9.17) is 4.74 Å². The molecule has 1 saturated heterocycles. The van der Waals surface area contributed by atoms with Crippen molar-refractivity contribution in [1.82, 2.24) is 15.1 Å². The van der Waals surface area contributed by atoms with E-state index in [0.717, 1.165) is 0 Å². The van der Waals surface area contributed by atoms with Gasteiger partial charge in [0.1, 0.15) is 6.04 Å². The van der Waals surface area contributed by atoms with E-state index in [1.165, 1.54) is 0 Å². The fourth-order valence-corrected chi connectivity index (χ4v) is 1.57. The quantitative estimate of drug-likeness (QED) is 0.694. The van der Waals surface area contributed by atoms with E-state index in [0.29, 0.717) is 19.7 Å². The first-order valence-electron chi connectivity index (χ1n) is 5.42. The van der Waals surface area contributed by atoms with Crippen molar-refractivity contribution in [3.05, 3.63) is 0 Å². The molecule has 1 aliphatic heterocycles. The number of urea groups is 1. The van der Waals surface area contributed by atoms with Crippen molar-refractivity contribution >= 4 is 11.9 Å². The zero-order chi connectivity index (χ0) is 12.1. The Morgan fingerprint density at radius 2 is 2.25 bits per heavy atom. The molecule has 0 saturated carbocycles. The lowest BCUT2D eigenvalue weighted by atomic mass is 10.2. The van der Waals surface area contributed by atoms with E-state index in [-0.39, 0.29) is 18.5 Å². The van der Waals surface area contributed by atoms with Crippen LogP contribution in [-0.2, 0) is 9.53 Å². The smallest absolute Gasteiger partial charge is 0.320 e. The summed E-state index contributed by atoms with van der Waals surface area (Å²) in [7, 11) is 3.28. The van der Waals surface area contributed by atoms with Crippen LogP contribution in [0.25, 0.3) is 0 Å². The molecule has 92 valence electrons. The Bertz CT molecular complexity index is 270. The maximum absolute atomic E-state index is 12.0. The predicted molar refractivity (Wildman–Crippen MR) is 59.1 cm³/mol. The van der Waals surface area contributed by atoms with E-state index >= 15 is 0 Å². The molecule has 1 heterocycles. The summed E-state index contributed by atoms with van der Waals surface area (Å²) >= 11 is 0. The minimum atomic E-state index is -0.514. The fourth-order valence-electron chi connectivity index (χ4n) is 1.57. The van der Waals surface area contributed by atoms with Crippen LogP contribution in [0.15, 0.2) is 0 Å². The zero-order valence-corrected chi connectivity index (χ0v) is 10.0. The zero-order valence-electron chi connectivity index (χ0n) is 10.0. The molecule has 0 aromatic carbocycles. The lowest BCUT2D eigenvalue weighted by Crippen LogP contribution is -2.58. The van der Waals surface area contributed by atoms with Gasteiger partial charge < -0.3 is 19.9 Å². The Morgan fingerprint density at radius 3 is 2.81 bits per heavy atom. The maximum atomic E-state index is 12.0. The van der Waals surface area contributed by atoms with Crippen molar-refractivity contribution in [2.24, 2.45) is 0 Å². The first-order chi connectivity index (χ1) is 7.61. The van der Waals surface area contributed by atoms with Gasteiger partial charge in [-0.2, -0.15) is 0 Å². The van der Waals surface area contributed by atoms with Crippen LogP contribution in [0.1, 0.15) is 6.92 Å². The Hall–Kier alpha value is -1.30. The van der Waals surface area contributed by atoms with Crippen molar-refractivity contribution < 1.29 is 14.3 Å². The molecule has 0 bridgehead atoms. The van der Waals surface area contributed by atoms with Gasteiger partial charge in [0.2, 0.25) is 5.91 Å². The summed E-state index contributed by atoms with van der Waals surface area (Å²) in [6.45, 7) is 3.73. The van der Waals surface area contributed by atoms with Gasteiger partial charge in [-0.15, -0.1) is 0 Å². The normalized spacial score (nSPS) is 20.4. The summed E-state index contributed by atoms with van der Waals surface area (Å²) in [6, 6.07) is -0.639. The van der Waals surface area contributed by atoms with Crippen molar-refractivity contribution in [3.63, 3.8) is 0 Å². The topological polar surface area (TPSA) is 61.9 Å². The number of rotatable bonds is 2. The van der Waals surface area contributed by atoms with Crippen molar-refractivity contribution in [2.75, 3.05) is 40.4 Å². The van der Waals surface area contributed by atoms with Gasteiger partial charge in [-0.1, -0.05) is 0 Å². The highest BCUT2D eigenvalue weighted by Gasteiger charge is 2.33. The number of likely N-dealkylation sites (N-methyl/N-ethyl adjacent to an activating group) is 1. The Kier molecular flexibility index (Phi) is 4.54. The number of amides is 3. The number of hydrogen-bond donors (Lipinski definition) is 1. The van der Waals surface area contributed by atoms with Gasteiger partial charge in [-0.25, -0.2) is 4.79 Å². The summed E-state index contributed by atoms with van der Waals surface area (Å²) in [4.78, 5) is 26.7. The lowest BCUT2D eigenvalue weighted by Gasteiger charge is -2.36. The molecule has 3 amide bonds. The lowest BCUT2D eigenvalue weighted by molar-refractivity contribution is -0.130. The van der Waals surface area contributed by atoms with E-state index < -0.39 is 6.04 Å². The first kappa shape index (κ1) is 12.8. The van der Waals surface area contributed by atoms with Crippen LogP contribution in [-0.4, -0.2) is 68.2 Å². The predicted octanol–water partition coefficient (Wildman–Crippen LogP) is -0.495. The van der Waals surface area contributed by atoms with Gasteiger partial charge in [0, 0.05) is 27.2 Å². The summed E-state index contributed by atoms with van der Waals surface area (Å²) in [5, 5.41) is 2.55. The molecule has 6 nitrogen and oxygen atoms in total. The molecule has 6 heteroatoms. The van der Waals surface area contributed by atoms with Crippen LogP contribution in [0.2, 0.25) is 0 Å². The van der Waals surface area contributed by atoms with Crippen molar-refractivity contribution in [1.29, 1.82) is 0 Å². The third-order valence-corrected chi connectivity index (χ3v) is 2.72. The average Bonchev–Trinajstić information content (AvgIpc) is 2.35. The first-order valence-corrected chi connectivity index (χ1v) is 5.42. The average molecular weight is 229 g/mol. The molecule has 1 N–H and O–H groups in total. The molecule has 1 unspecified atom stereocenters. The van der Waals surface area contributed by atoms with Gasteiger partial charge in [-0.05, 0) is 6.92 Å². The Balaban J connectivity index is 2.73. The van der Waals surface area contributed by atoms with Crippen LogP contribution in [0, 0.1) is 0 Å². The molecule has 1 atom stereocenters. The second-order valence-corrected chi connectivity index (χ2v) is 3.70. The van der Waals surface area contributed by atoms with Gasteiger partial charge >= 0.3 is 6.03 Å². The summed E-state index contributed by atoms with van der Waals surface area (Å²) < 4.78 is 5.23. The van der Waals surface area contributed by atoms with E-state index in [1.54, 1.807) is 23.9 Å². The molecule has 16 heavy (non-hydrogen) atoms. The number of carbonyl (C=O) groups is 2. The molecular weight excluding hydrogens is 210 g/mol. The van der Waals surface area contributed by atoms with Crippen LogP contribution in [0.3, 0.4) is 0 Å². The molecule has 0 aromatic heterocycles. The second kappa shape index (κ2) is 5.69. The number of ether oxygens (including phenoxy) is 1. The third kappa shape index (κ3) is 2.63. The van der Waals surface area contributed by atoms with Gasteiger partial charge in [0.05, 0.1) is 13.2 Å². The summed E-state index contributed by atoms with van der Waals surface area (Å²) in [5.74, 6) is -0.183. The maximum Gasteiger partial charge on any atom is 0.320 e.